The molecule has 2 rings (SSSR count). The summed E-state index contributed by atoms with van der Waals surface area (Å²) in [5.41, 5.74) is 6.92. The lowest BCUT2D eigenvalue weighted by Crippen LogP contribution is -2.45. The summed E-state index contributed by atoms with van der Waals surface area (Å²) < 4.78 is 0. The van der Waals surface area contributed by atoms with Gasteiger partial charge in [-0.1, -0.05) is 20.3 Å². The Morgan fingerprint density at radius 3 is 2.65 bits per heavy atom. The number of nitrogens with zero attached hydrogens (tertiary/aromatic N) is 2. The Morgan fingerprint density at radius 1 is 1.45 bits per heavy atom. The smallest absolute Gasteiger partial charge is 0.237 e. The van der Waals surface area contributed by atoms with E-state index in [4.69, 9.17) is 5.73 Å². The fourth-order valence-corrected chi connectivity index (χ4v) is 2.01. The third-order valence-electron chi connectivity index (χ3n) is 3.94. The summed E-state index contributed by atoms with van der Waals surface area (Å²) in [5, 5.41) is 2.88. The second-order valence-corrected chi connectivity index (χ2v) is 5.68. The number of nitrogens with one attached hydrogen (secondary N) is 1. The van der Waals surface area contributed by atoms with Gasteiger partial charge in [0.25, 0.3) is 0 Å². The Labute approximate surface area is 120 Å². The molecule has 5 heteroatoms. The summed E-state index contributed by atoms with van der Waals surface area (Å²) in [6.45, 7) is 4.61. The molecule has 2 unspecified atom stereocenters. The zero-order valence-electron chi connectivity index (χ0n) is 12.3. The molecule has 3 N–H and O–H groups in total. The van der Waals surface area contributed by atoms with Crippen LogP contribution in [0.3, 0.4) is 0 Å². The van der Waals surface area contributed by atoms with Crippen LogP contribution in [0.25, 0.3) is 0 Å². The van der Waals surface area contributed by atoms with E-state index in [1.54, 1.807) is 0 Å². The summed E-state index contributed by atoms with van der Waals surface area (Å²) in [6.07, 6.45) is 7.80. The zero-order valence-corrected chi connectivity index (χ0v) is 12.3. The quantitative estimate of drug-likeness (QED) is 0.788. The molecule has 0 aliphatic heterocycles. The number of hydrogen-bond acceptors (Lipinski definition) is 4. The van der Waals surface area contributed by atoms with Gasteiger partial charge in [-0.3, -0.25) is 4.79 Å². The molecule has 1 aromatic heterocycles. The van der Waals surface area contributed by atoms with E-state index in [2.05, 4.69) is 15.3 Å². The number of nitrogens with two attached hydrogens (primary N) is 1. The van der Waals surface area contributed by atoms with Crippen LogP contribution < -0.4 is 11.1 Å². The van der Waals surface area contributed by atoms with Gasteiger partial charge in [0.1, 0.15) is 5.82 Å². The van der Waals surface area contributed by atoms with E-state index in [-0.39, 0.29) is 11.8 Å². The molecule has 1 fully saturated rings. The Bertz CT molecular complexity index is 442. The van der Waals surface area contributed by atoms with Gasteiger partial charge in [0, 0.05) is 24.9 Å². The van der Waals surface area contributed by atoms with Crippen molar-refractivity contribution < 1.29 is 4.79 Å². The number of aromatic nitrogens is 2. The van der Waals surface area contributed by atoms with E-state index in [0.717, 1.165) is 24.2 Å². The first-order valence-electron chi connectivity index (χ1n) is 7.46. The molecule has 1 heterocycles. The minimum atomic E-state index is -0.423. The Morgan fingerprint density at radius 2 is 2.10 bits per heavy atom. The van der Waals surface area contributed by atoms with E-state index >= 15 is 0 Å². The predicted molar refractivity (Wildman–Crippen MR) is 78.2 cm³/mol. The number of rotatable bonds is 7. The lowest BCUT2D eigenvalue weighted by Gasteiger charge is -2.17. The monoisotopic (exact) mass is 276 g/mol. The summed E-state index contributed by atoms with van der Waals surface area (Å²) in [5.74, 6) is 1.67. The second kappa shape index (κ2) is 6.79. The molecule has 2 atom stereocenters. The van der Waals surface area contributed by atoms with Crippen molar-refractivity contribution in [3.8, 4) is 0 Å². The van der Waals surface area contributed by atoms with Crippen molar-refractivity contribution in [2.24, 2.45) is 11.7 Å². The van der Waals surface area contributed by atoms with Gasteiger partial charge in [0.05, 0.1) is 6.04 Å². The largest absolute Gasteiger partial charge is 0.354 e. The molecule has 0 spiro atoms. The summed E-state index contributed by atoms with van der Waals surface area (Å²) >= 11 is 0. The van der Waals surface area contributed by atoms with Gasteiger partial charge < -0.3 is 11.1 Å². The molecule has 1 aromatic rings. The number of amides is 1. The third-order valence-corrected chi connectivity index (χ3v) is 3.94. The van der Waals surface area contributed by atoms with Crippen molar-refractivity contribution in [1.82, 2.24) is 15.3 Å². The zero-order chi connectivity index (χ0) is 14.5. The minimum absolute atomic E-state index is 0.0742. The highest BCUT2D eigenvalue weighted by Gasteiger charge is 2.26. The lowest BCUT2D eigenvalue weighted by molar-refractivity contribution is -0.123. The van der Waals surface area contributed by atoms with Crippen LogP contribution in [0, 0.1) is 5.92 Å². The van der Waals surface area contributed by atoms with Crippen LogP contribution in [0.1, 0.15) is 50.4 Å². The van der Waals surface area contributed by atoms with Gasteiger partial charge in [0.2, 0.25) is 5.91 Å². The van der Waals surface area contributed by atoms with Gasteiger partial charge >= 0.3 is 0 Å². The summed E-state index contributed by atoms with van der Waals surface area (Å²) in [7, 11) is 0. The molecule has 20 heavy (non-hydrogen) atoms. The van der Waals surface area contributed by atoms with Crippen molar-refractivity contribution in [1.29, 1.82) is 0 Å². The van der Waals surface area contributed by atoms with Crippen LogP contribution in [-0.2, 0) is 11.2 Å². The number of hydrogen-bond donors (Lipinski definition) is 2. The first kappa shape index (κ1) is 14.9. The molecule has 1 aliphatic rings. The lowest BCUT2D eigenvalue weighted by atomic mass is 9.99. The van der Waals surface area contributed by atoms with Crippen LogP contribution in [-0.4, -0.2) is 28.5 Å². The van der Waals surface area contributed by atoms with Gasteiger partial charge in [-0.2, -0.15) is 0 Å². The molecule has 0 radical (unpaired) electrons. The van der Waals surface area contributed by atoms with E-state index in [9.17, 15) is 4.79 Å². The van der Waals surface area contributed by atoms with Crippen LogP contribution in [0.15, 0.2) is 12.4 Å². The molecule has 110 valence electrons. The number of carbonyl (C=O) groups excluding carboxylic acids is 1. The topological polar surface area (TPSA) is 80.9 Å². The second-order valence-electron chi connectivity index (χ2n) is 5.68. The first-order valence-corrected chi connectivity index (χ1v) is 7.46. The van der Waals surface area contributed by atoms with Crippen LogP contribution >= 0.6 is 0 Å². The van der Waals surface area contributed by atoms with Crippen LogP contribution in [0.4, 0.5) is 0 Å². The highest BCUT2D eigenvalue weighted by atomic mass is 16.2. The first-order chi connectivity index (χ1) is 9.61. The van der Waals surface area contributed by atoms with Crippen molar-refractivity contribution in [3.63, 3.8) is 0 Å². The van der Waals surface area contributed by atoms with E-state index in [1.807, 2.05) is 26.2 Å². The molecular weight excluding hydrogens is 252 g/mol. The maximum Gasteiger partial charge on any atom is 0.237 e. The standard InChI is InChI=1S/C15H24N4O/c1-3-10(2)13(16)15(20)17-7-6-11-8-18-14(19-9-11)12-4-5-12/h8-10,12-13H,3-7,16H2,1-2H3,(H,17,20). The molecule has 1 saturated carbocycles. The van der Waals surface area contributed by atoms with Gasteiger partial charge in [-0.05, 0) is 30.7 Å². The fourth-order valence-electron chi connectivity index (χ4n) is 2.01. The Balaban J connectivity index is 1.73. The molecule has 0 saturated heterocycles. The van der Waals surface area contributed by atoms with Crippen molar-refractivity contribution >= 4 is 5.91 Å². The normalized spacial score (nSPS) is 17.6. The predicted octanol–water partition coefficient (Wildman–Crippen LogP) is 1.39. The highest BCUT2D eigenvalue weighted by Crippen LogP contribution is 2.37. The molecule has 0 bridgehead atoms. The third kappa shape index (κ3) is 4.00. The molecule has 5 nitrogen and oxygen atoms in total. The summed E-state index contributed by atoms with van der Waals surface area (Å²) in [4.78, 5) is 20.6. The Hall–Kier alpha value is -1.49. The van der Waals surface area contributed by atoms with Crippen molar-refractivity contribution in [2.45, 2.75) is 51.5 Å². The van der Waals surface area contributed by atoms with Gasteiger partial charge in [-0.25, -0.2) is 9.97 Å². The minimum Gasteiger partial charge on any atom is -0.354 e. The van der Waals surface area contributed by atoms with Gasteiger partial charge in [-0.15, -0.1) is 0 Å². The average molecular weight is 276 g/mol. The van der Waals surface area contributed by atoms with Crippen molar-refractivity contribution in [3.05, 3.63) is 23.8 Å². The van der Waals surface area contributed by atoms with Gasteiger partial charge in [0.15, 0.2) is 0 Å². The highest BCUT2D eigenvalue weighted by molar-refractivity contribution is 5.81. The molecule has 1 aliphatic carbocycles. The van der Waals surface area contributed by atoms with E-state index < -0.39 is 6.04 Å². The Kier molecular flexibility index (Phi) is 5.06. The summed E-state index contributed by atoms with van der Waals surface area (Å²) in [6, 6.07) is -0.423. The maximum absolute atomic E-state index is 11.8. The molecule has 0 aromatic carbocycles. The average Bonchev–Trinajstić information content (AvgIpc) is 3.31. The molecule has 1 amide bonds. The number of carbonyl (C=O) groups is 1. The fraction of sp³-hybridized carbons (Fsp3) is 0.667. The van der Waals surface area contributed by atoms with Crippen LogP contribution in [0.5, 0.6) is 0 Å². The maximum atomic E-state index is 11.8. The van der Waals surface area contributed by atoms with E-state index in [0.29, 0.717) is 12.5 Å². The molecular formula is C15H24N4O. The van der Waals surface area contributed by atoms with Crippen LogP contribution in [0.2, 0.25) is 0 Å². The van der Waals surface area contributed by atoms with E-state index in [1.165, 1.54) is 12.8 Å². The SMILES string of the molecule is CCC(C)C(N)C(=O)NCCc1cnc(C2CC2)nc1. The van der Waals surface area contributed by atoms with Crippen molar-refractivity contribution in [2.75, 3.05) is 6.54 Å².